The van der Waals surface area contributed by atoms with E-state index in [1.807, 2.05) is 0 Å². The molecule has 1 aromatic carbocycles. The molecule has 1 N–H and O–H groups in total. The number of ether oxygens (including phenoxy) is 1. The van der Waals surface area contributed by atoms with Crippen molar-refractivity contribution in [3.63, 3.8) is 0 Å². The lowest BCUT2D eigenvalue weighted by Crippen LogP contribution is -2.23. The Morgan fingerprint density at radius 3 is 2.70 bits per heavy atom. The molecule has 1 aromatic heterocycles. The Kier molecular flexibility index (Phi) is 5.52. The number of tetrazole rings is 1. The van der Waals surface area contributed by atoms with Crippen LogP contribution in [0.3, 0.4) is 0 Å². The molecule has 0 bridgehead atoms. The van der Waals surface area contributed by atoms with Gasteiger partial charge < -0.3 is 9.84 Å². The highest BCUT2D eigenvalue weighted by atomic mass is 19.3. The largest absolute Gasteiger partial charge is 0.481 e. The highest BCUT2D eigenvalue weighted by Gasteiger charge is 2.12. The van der Waals surface area contributed by atoms with Crippen molar-refractivity contribution in [2.45, 2.75) is 19.6 Å². The van der Waals surface area contributed by atoms with Crippen molar-refractivity contribution in [3.8, 4) is 11.4 Å². The lowest BCUT2D eigenvalue weighted by atomic mass is 10.3. The fourth-order valence-corrected chi connectivity index (χ4v) is 1.88. The van der Waals surface area contributed by atoms with Gasteiger partial charge in [-0.15, -0.1) is 5.10 Å². The number of halogens is 2. The van der Waals surface area contributed by atoms with Gasteiger partial charge in [0.25, 0.3) is 0 Å². The third-order valence-corrected chi connectivity index (χ3v) is 2.96. The normalized spacial score (nSPS) is 11.2. The minimum Gasteiger partial charge on any atom is -0.481 e. The zero-order valence-electron chi connectivity index (χ0n) is 12.3. The maximum Gasteiger partial charge on any atom is 0.387 e. The van der Waals surface area contributed by atoms with Crippen LogP contribution in [0.2, 0.25) is 0 Å². The van der Waals surface area contributed by atoms with Crippen LogP contribution in [0.1, 0.15) is 12.2 Å². The molecule has 0 aliphatic carbocycles. The van der Waals surface area contributed by atoms with Crippen molar-refractivity contribution in [3.05, 3.63) is 30.1 Å². The second-order valence-corrected chi connectivity index (χ2v) is 4.76. The van der Waals surface area contributed by atoms with Crippen LogP contribution in [0.15, 0.2) is 24.3 Å². The van der Waals surface area contributed by atoms with E-state index in [9.17, 15) is 13.6 Å². The smallest absolute Gasteiger partial charge is 0.387 e. The lowest BCUT2D eigenvalue weighted by Gasteiger charge is -2.14. The number of alkyl halides is 2. The summed E-state index contributed by atoms with van der Waals surface area (Å²) in [6.45, 7) is -2.19. The molecular weight excluding hydrogens is 312 g/mol. The molecule has 1 heterocycles. The van der Waals surface area contributed by atoms with E-state index in [1.165, 1.54) is 16.8 Å². The number of carboxylic acids is 1. The number of carbonyl (C=O) groups is 1. The Morgan fingerprint density at radius 1 is 1.39 bits per heavy atom. The molecule has 0 aliphatic rings. The fourth-order valence-electron chi connectivity index (χ4n) is 1.88. The van der Waals surface area contributed by atoms with Crippen molar-refractivity contribution >= 4 is 5.97 Å². The van der Waals surface area contributed by atoms with E-state index in [-0.39, 0.29) is 12.2 Å². The minimum atomic E-state index is -2.88. The number of rotatable bonds is 8. The SMILES string of the molecule is CN(CCC(=O)O)Cc1nnnn1-c1ccc(OC(F)F)cc1. The predicted octanol–water partition coefficient (Wildman–Crippen LogP) is 1.17. The van der Waals surface area contributed by atoms with Crippen molar-refractivity contribution in [1.29, 1.82) is 0 Å². The van der Waals surface area contributed by atoms with Crippen LogP contribution >= 0.6 is 0 Å². The third-order valence-electron chi connectivity index (χ3n) is 2.96. The summed E-state index contributed by atoms with van der Waals surface area (Å²) in [5.74, 6) is -0.344. The van der Waals surface area contributed by atoms with Gasteiger partial charge in [-0.3, -0.25) is 9.69 Å². The number of aromatic nitrogens is 4. The summed E-state index contributed by atoms with van der Waals surface area (Å²) in [4.78, 5) is 12.3. The van der Waals surface area contributed by atoms with Gasteiger partial charge in [-0.1, -0.05) is 0 Å². The molecule has 0 saturated carbocycles. The van der Waals surface area contributed by atoms with E-state index in [0.717, 1.165) is 0 Å². The average molecular weight is 327 g/mol. The van der Waals surface area contributed by atoms with Crippen LogP contribution in [-0.2, 0) is 11.3 Å². The first-order chi connectivity index (χ1) is 11.0. The zero-order valence-corrected chi connectivity index (χ0v) is 12.3. The van der Waals surface area contributed by atoms with Crippen LogP contribution in [0.5, 0.6) is 5.75 Å². The standard InChI is InChI=1S/C13H15F2N5O3/c1-19(7-6-12(21)22)8-11-16-17-18-20(11)9-2-4-10(5-3-9)23-13(14)15/h2-5,13H,6-8H2,1H3,(H,21,22). The van der Waals surface area contributed by atoms with E-state index in [2.05, 4.69) is 20.3 Å². The van der Waals surface area contributed by atoms with Crippen LogP contribution in [0.25, 0.3) is 5.69 Å². The van der Waals surface area contributed by atoms with Crippen molar-refractivity contribution in [2.75, 3.05) is 13.6 Å². The highest BCUT2D eigenvalue weighted by molar-refractivity contribution is 5.66. The van der Waals surface area contributed by atoms with Gasteiger partial charge in [-0.05, 0) is 41.7 Å². The van der Waals surface area contributed by atoms with Gasteiger partial charge in [-0.2, -0.15) is 13.5 Å². The van der Waals surface area contributed by atoms with Crippen molar-refractivity contribution in [1.82, 2.24) is 25.1 Å². The van der Waals surface area contributed by atoms with Crippen molar-refractivity contribution < 1.29 is 23.4 Å². The maximum absolute atomic E-state index is 12.1. The fraction of sp³-hybridized carbons (Fsp3) is 0.385. The van der Waals surface area contributed by atoms with Gasteiger partial charge in [0.05, 0.1) is 18.7 Å². The number of nitrogens with zero attached hydrogens (tertiary/aromatic N) is 5. The molecule has 0 unspecified atom stereocenters. The van der Waals surface area contributed by atoms with Gasteiger partial charge in [0.15, 0.2) is 5.82 Å². The van der Waals surface area contributed by atoms with E-state index < -0.39 is 12.6 Å². The number of benzene rings is 1. The molecule has 0 aliphatic heterocycles. The van der Waals surface area contributed by atoms with E-state index in [4.69, 9.17) is 5.11 Å². The summed E-state index contributed by atoms with van der Waals surface area (Å²) in [7, 11) is 1.75. The molecule has 2 rings (SSSR count). The van der Waals surface area contributed by atoms with E-state index >= 15 is 0 Å². The summed E-state index contributed by atoms with van der Waals surface area (Å²) >= 11 is 0. The highest BCUT2D eigenvalue weighted by Crippen LogP contribution is 2.17. The van der Waals surface area contributed by atoms with E-state index in [1.54, 1.807) is 24.1 Å². The third kappa shape index (κ3) is 4.95. The maximum atomic E-state index is 12.1. The van der Waals surface area contributed by atoms with E-state index in [0.29, 0.717) is 24.6 Å². The Bertz CT molecular complexity index is 647. The topological polar surface area (TPSA) is 93.4 Å². The van der Waals surface area contributed by atoms with Gasteiger partial charge in [0, 0.05) is 6.54 Å². The number of hydrogen-bond acceptors (Lipinski definition) is 6. The predicted molar refractivity (Wildman–Crippen MR) is 74.4 cm³/mol. The Hall–Kier alpha value is -2.62. The second kappa shape index (κ2) is 7.58. The number of carboxylic acid groups (broad SMARTS) is 1. The molecule has 0 atom stereocenters. The van der Waals surface area contributed by atoms with Gasteiger partial charge >= 0.3 is 12.6 Å². The first-order valence-electron chi connectivity index (χ1n) is 6.68. The Morgan fingerprint density at radius 2 is 2.09 bits per heavy atom. The zero-order chi connectivity index (χ0) is 16.8. The summed E-state index contributed by atoms with van der Waals surface area (Å²) in [6.07, 6.45) is 0.0116. The molecule has 0 saturated heterocycles. The molecule has 0 spiro atoms. The molecule has 23 heavy (non-hydrogen) atoms. The van der Waals surface area contributed by atoms with Crippen LogP contribution in [-0.4, -0.2) is 56.4 Å². The van der Waals surface area contributed by atoms with Crippen LogP contribution in [0, 0.1) is 0 Å². The van der Waals surface area contributed by atoms with Gasteiger partial charge in [0.1, 0.15) is 5.75 Å². The molecule has 0 amide bonds. The Balaban J connectivity index is 2.06. The number of aliphatic carboxylic acids is 1. The average Bonchev–Trinajstić information content (AvgIpc) is 2.93. The quantitative estimate of drug-likeness (QED) is 0.778. The van der Waals surface area contributed by atoms with Crippen molar-refractivity contribution in [2.24, 2.45) is 0 Å². The molecule has 8 nitrogen and oxygen atoms in total. The van der Waals surface area contributed by atoms with Crippen LogP contribution in [0.4, 0.5) is 8.78 Å². The van der Waals surface area contributed by atoms with Gasteiger partial charge in [-0.25, -0.2) is 0 Å². The summed E-state index contributed by atoms with van der Waals surface area (Å²) in [6, 6.07) is 5.88. The van der Waals surface area contributed by atoms with Gasteiger partial charge in [0.2, 0.25) is 0 Å². The molecule has 0 fully saturated rings. The Labute approximate surface area is 130 Å². The minimum absolute atomic E-state index is 0.0116. The monoisotopic (exact) mass is 327 g/mol. The molecule has 124 valence electrons. The second-order valence-electron chi connectivity index (χ2n) is 4.76. The first-order valence-corrected chi connectivity index (χ1v) is 6.68. The summed E-state index contributed by atoms with van der Waals surface area (Å²) < 4.78 is 30.0. The first kappa shape index (κ1) is 16.7. The summed E-state index contributed by atoms with van der Waals surface area (Å²) in [5, 5.41) is 20.0. The number of hydrogen-bond donors (Lipinski definition) is 1. The molecule has 0 radical (unpaired) electrons. The lowest BCUT2D eigenvalue weighted by molar-refractivity contribution is -0.137. The molecule has 2 aromatic rings. The molecular formula is C13H15F2N5O3. The summed E-state index contributed by atoms with van der Waals surface area (Å²) in [5.41, 5.74) is 0.582. The molecule has 10 heteroatoms. The van der Waals surface area contributed by atoms with Crippen LogP contribution < -0.4 is 4.74 Å².